The van der Waals surface area contributed by atoms with Gasteiger partial charge in [0.25, 0.3) is 11.6 Å². The maximum atomic E-state index is 12.8. The minimum absolute atomic E-state index is 0.0717. The van der Waals surface area contributed by atoms with Crippen LogP contribution in [0.25, 0.3) is 0 Å². The highest BCUT2D eigenvalue weighted by Crippen LogP contribution is 2.27. The van der Waals surface area contributed by atoms with Crippen molar-refractivity contribution in [3.63, 3.8) is 0 Å². The lowest BCUT2D eigenvalue weighted by Gasteiger charge is -2.13. The van der Waals surface area contributed by atoms with Crippen LogP contribution in [0, 0.1) is 17.0 Å². The third-order valence-electron chi connectivity index (χ3n) is 4.12. The first-order valence-electron chi connectivity index (χ1n) is 8.91. The van der Waals surface area contributed by atoms with E-state index in [2.05, 4.69) is 28.2 Å². The second-order valence-corrected chi connectivity index (χ2v) is 7.18. The van der Waals surface area contributed by atoms with Gasteiger partial charge < -0.3 is 10.1 Å². The molecule has 27 heavy (non-hydrogen) atoms. The molecule has 0 aliphatic rings. The Morgan fingerprint density at radius 1 is 1.19 bits per heavy atom. The van der Waals surface area contributed by atoms with Crippen LogP contribution in [-0.4, -0.2) is 17.4 Å². The van der Waals surface area contributed by atoms with E-state index in [1.807, 2.05) is 6.07 Å². The number of amides is 1. The van der Waals surface area contributed by atoms with E-state index < -0.39 is 4.92 Å². The van der Waals surface area contributed by atoms with E-state index in [0.717, 1.165) is 35.7 Å². The van der Waals surface area contributed by atoms with E-state index in [-0.39, 0.29) is 11.6 Å². The molecule has 2 aromatic carbocycles. The zero-order valence-electron chi connectivity index (χ0n) is 15.5. The van der Waals surface area contributed by atoms with Crippen LogP contribution in [0.15, 0.2) is 40.9 Å². The van der Waals surface area contributed by atoms with Crippen LogP contribution in [0.3, 0.4) is 0 Å². The highest BCUT2D eigenvalue weighted by atomic mass is 79.9. The second-order valence-electron chi connectivity index (χ2n) is 6.26. The summed E-state index contributed by atoms with van der Waals surface area (Å²) in [4.78, 5) is 23.3. The third kappa shape index (κ3) is 6.06. The van der Waals surface area contributed by atoms with E-state index in [1.165, 1.54) is 12.1 Å². The van der Waals surface area contributed by atoms with Crippen LogP contribution in [-0.2, 0) is 0 Å². The molecule has 2 aromatic rings. The molecule has 1 N–H and O–H groups in total. The number of nitrogens with one attached hydrogen (secondary N) is 1. The lowest BCUT2D eigenvalue weighted by Crippen LogP contribution is -2.15. The number of carbonyl (C=O) groups is 1. The largest absolute Gasteiger partial charge is 0.493 e. The van der Waals surface area contributed by atoms with Crippen molar-refractivity contribution in [3.8, 4) is 5.75 Å². The number of hydrogen-bond donors (Lipinski definition) is 1. The number of benzene rings is 2. The number of rotatable bonds is 9. The minimum Gasteiger partial charge on any atom is -0.493 e. The van der Waals surface area contributed by atoms with Crippen molar-refractivity contribution in [2.45, 2.75) is 39.5 Å². The summed E-state index contributed by atoms with van der Waals surface area (Å²) in [7, 11) is 0. The Labute approximate surface area is 167 Å². The molecule has 144 valence electrons. The van der Waals surface area contributed by atoms with Crippen LogP contribution in [0.4, 0.5) is 11.4 Å². The van der Waals surface area contributed by atoms with Gasteiger partial charge in [0.15, 0.2) is 0 Å². The molecule has 0 aliphatic heterocycles. The fourth-order valence-electron chi connectivity index (χ4n) is 2.56. The van der Waals surface area contributed by atoms with E-state index in [4.69, 9.17) is 4.74 Å². The van der Waals surface area contributed by atoms with Gasteiger partial charge in [0, 0.05) is 16.6 Å². The van der Waals surface area contributed by atoms with Gasteiger partial charge in [0.2, 0.25) is 0 Å². The molecular weight excluding hydrogens is 412 g/mol. The second kappa shape index (κ2) is 10.1. The molecule has 0 saturated heterocycles. The van der Waals surface area contributed by atoms with Crippen molar-refractivity contribution >= 4 is 33.2 Å². The maximum absolute atomic E-state index is 12.8. The molecule has 0 aliphatic carbocycles. The molecule has 0 bridgehead atoms. The van der Waals surface area contributed by atoms with Crippen LogP contribution in [0.1, 0.15) is 48.5 Å². The molecule has 0 radical (unpaired) electrons. The lowest BCUT2D eigenvalue weighted by molar-refractivity contribution is -0.384. The number of ether oxygens (including phenoxy) is 1. The van der Waals surface area contributed by atoms with Gasteiger partial charge in [-0.05, 0) is 37.1 Å². The number of nitro benzene ring substituents is 1. The summed E-state index contributed by atoms with van der Waals surface area (Å²) in [5.41, 5.74) is 1.46. The summed E-state index contributed by atoms with van der Waals surface area (Å²) in [6.45, 7) is 4.47. The maximum Gasteiger partial charge on any atom is 0.271 e. The monoisotopic (exact) mass is 434 g/mol. The van der Waals surface area contributed by atoms with E-state index in [1.54, 1.807) is 25.1 Å². The summed E-state index contributed by atoms with van der Waals surface area (Å²) in [5.74, 6) is 0.124. The molecule has 0 atom stereocenters. The predicted octanol–water partition coefficient (Wildman–Crippen LogP) is 5.88. The first kappa shape index (κ1) is 20.9. The van der Waals surface area contributed by atoms with Crippen LogP contribution < -0.4 is 10.1 Å². The number of aryl methyl sites for hydroxylation is 1. The van der Waals surface area contributed by atoms with Gasteiger partial charge in [-0.15, -0.1) is 0 Å². The summed E-state index contributed by atoms with van der Waals surface area (Å²) >= 11 is 3.37. The highest BCUT2D eigenvalue weighted by molar-refractivity contribution is 9.10. The molecule has 0 aromatic heterocycles. The van der Waals surface area contributed by atoms with Crippen LogP contribution in [0.5, 0.6) is 5.75 Å². The topological polar surface area (TPSA) is 81.5 Å². The molecule has 0 unspecified atom stereocenters. The van der Waals surface area contributed by atoms with Gasteiger partial charge >= 0.3 is 0 Å². The Balaban J connectivity index is 2.17. The van der Waals surface area contributed by atoms with Crippen molar-refractivity contribution < 1.29 is 14.5 Å². The average molecular weight is 435 g/mol. The summed E-state index contributed by atoms with van der Waals surface area (Å²) < 4.78 is 6.55. The lowest BCUT2D eigenvalue weighted by atomic mass is 10.1. The minimum atomic E-state index is -0.487. The number of non-ortho nitro benzene ring substituents is 1. The summed E-state index contributed by atoms with van der Waals surface area (Å²) in [6.07, 6.45) is 4.31. The Kier molecular flexibility index (Phi) is 7.79. The van der Waals surface area contributed by atoms with Gasteiger partial charge in [0.05, 0.1) is 22.8 Å². The molecule has 0 heterocycles. The van der Waals surface area contributed by atoms with Crippen LogP contribution in [0.2, 0.25) is 0 Å². The number of unbranched alkanes of at least 4 members (excludes halogenated alkanes) is 3. The Morgan fingerprint density at radius 2 is 1.96 bits per heavy atom. The van der Waals surface area contributed by atoms with Gasteiger partial charge in [-0.25, -0.2) is 0 Å². The molecule has 6 nitrogen and oxygen atoms in total. The Hall–Kier alpha value is -2.41. The molecule has 0 fully saturated rings. The number of halogens is 1. The molecule has 0 saturated carbocycles. The third-order valence-corrected chi connectivity index (χ3v) is 4.62. The van der Waals surface area contributed by atoms with Crippen molar-refractivity contribution in [1.82, 2.24) is 0 Å². The van der Waals surface area contributed by atoms with Crippen molar-refractivity contribution in [2.75, 3.05) is 11.9 Å². The fourth-order valence-corrected chi connectivity index (χ4v) is 2.93. The zero-order chi connectivity index (χ0) is 19.8. The first-order valence-corrected chi connectivity index (χ1v) is 9.70. The van der Waals surface area contributed by atoms with Crippen molar-refractivity contribution in [3.05, 3.63) is 62.1 Å². The summed E-state index contributed by atoms with van der Waals surface area (Å²) in [6, 6.07) is 9.63. The zero-order valence-corrected chi connectivity index (χ0v) is 17.0. The first-order chi connectivity index (χ1) is 12.9. The highest BCUT2D eigenvalue weighted by Gasteiger charge is 2.16. The fraction of sp³-hybridized carbons (Fsp3) is 0.350. The Bertz CT molecular complexity index is 824. The van der Waals surface area contributed by atoms with Crippen LogP contribution >= 0.6 is 15.9 Å². The van der Waals surface area contributed by atoms with Crippen molar-refractivity contribution in [2.24, 2.45) is 0 Å². The summed E-state index contributed by atoms with van der Waals surface area (Å²) in [5, 5.41) is 13.7. The van der Waals surface area contributed by atoms with Gasteiger partial charge in [-0.2, -0.15) is 0 Å². The SMILES string of the molecule is CCCCCCOc1ccc(Br)cc1C(=O)Nc1cc([N+](=O)[O-])ccc1C. The number of anilines is 1. The molecule has 2 rings (SSSR count). The van der Waals surface area contributed by atoms with E-state index in [0.29, 0.717) is 23.6 Å². The van der Waals surface area contributed by atoms with Gasteiger partial charge in [0.1, 0.15) is 5.75 Å². The molecule has 7 heteroatoms. The van der Waals surface area contributed by atoms with E-state index >= 15 is 0 Å². The number of nitro groups is 1. The van der Waals surface area contributed by atoms with Crippen molar-refractivity contribution in [1.29, 1.82) is 0 Å². The Morgan fingerprint density at radius 3 is 2.67 bits per heavy atom. The smallest absolute Gasteiger partial charge is 0.271 e. The normalized spacial score (nSPS) is 10.5. The van der Waals surface area contributed by atoms with Gasteiger partial charge in [-0.3, -0.25) is 14.9 Å². The number of hydrogen-bond acceptors (Lipinski definition) is 4. The standard InChI is InChI=1S/C20H23BrN2O4/c1-3-4-5-6-11-27-19-10-8-15(21)12-17(19)20(24)22-18-13-16(23(25)26)9-7-14(18)2/h7-10,12-13H,3-6,11H2,1-2H3,(H,22,24). The molecule has 0 spiro atoms. The van der Waals surface area contributed by atoms with E-state index in [9.17, 15) is 14.9 Å². The number of carbonyl (C=O) groups excluding carboxylic acids is 1. The quantitative estimate of drug-likeness (QED) is 0.303. The predicted molar refractivity (Wildman–Crippen MR) is 110 cm³/mol. The average Bonchev–Trinajstić information content (AvgIpc) is 2.64. The van der Waals surface area contributed by atoms with Gasteiger partial charge in [-0.1, -0.05) is 48.2 Å². The number of nitrogens with zero attached hydrogens (tertiary/aromatic N) is 1. The molecule has 1 amide bonds. The molecular formula is C20H23BrN2O4.